The van der Waals surface area contributed by atoms with E-state index in [1.165, 1.54) is 0 Å². The summed E-state index contributed by atoms with van der Waals surface area (Å²) < 4.78 is 10.3. The molecular formula is C13H18N4O2. The van der Waals surface area contributed by atoms with Gasteiger partial charge in [0, 0.05) is 18.7 Å². The van der Waals surface area contributed by atoms with E-state index in [1.807, 2.05) is 33.0 Å². The first-order chi connectivity index (χ1) is 9.05. The van der Waals surface area contributed by atoms with Crippen molar-refractivity contribution in [2.24, 2.45) is 0 Å². The van der Waals surface area contributed by atoms with Gasteiger partial charge in [-0.2, -0.15) is 4.98 Å². The van der Waals surface area contributed by atoms with Gasteiger partial charge in [-0.25, -0.2) is 4.98 Å². The number of nitrogens with one attached hydrogen (secondary N) is 1. The highest BCUT2D eigenvalue weighted by Gasteiger charge is 2.25. The standard InChI is InChI=1S/C13H18N4O2/c1-13(2,14-3)12-16-10(17-19-12)7-9-5-6-11(18-4)15-8-9/h5-6,8,14H,7H2,1-4H3. The van der Waals surface area contributed by atoms with Crippen LogP contribution in [0.15, 0.2) is 22.9 Å². The highest BCUT2D eigenvalue weighted by molar-refractivity contribution is 5.20. The van der Waals surface area contributed by atoms with Crippen LogP contribution in [0.1, 0.15) is 31.1 Å². The average Bonchev–Trinajstić information content (AvgIpc) is 2.89. The summed E-state index contributed by atoms with van der Waals surface area (Å²) in [6.07, 6.45) is 2.33. The lowest BCUT2D eigenvalue weighted by Crippen LogP contribution is -2.33. The summed E-state index contributed by atoms with van der Waals surface area (Å²) in [6, 6.07) is 3.75. The molecule has 2 rings (SSSR count). The van der Waals surface area contributed by atoms with Crippen molar-refractivity contribution in [2.75, 3.05) is 14.2 Å². The Bertz CT molecular complexity index is 534. The van der Waals surface area contributed by atoms with Crippen molar-refractivity contribution in [1.82, 2.24) is 20.4 Å². The zero-order chi connectivity index (χ0) is 13.9. The quantitative estimate of drug-likeness (QED) is 0.880. The van der Waals surface area contributed by atoms with Crippen LogP contribution < -0.4 is 10.1 Å². The highest BCUT2D eigenvalue weighted by atomic mass is 16.5. The molecule has 6 nitrogen and oxygen atoms in total. The summed E-state index contributed by atoms with van der Waals surface area (Å²) in [7, 11) is 3.45. The minimum absolute atomic E-state index is 0.330. The van der Waals surface area contributed by atoms with Crippen molar-refractivity contribution in [3.05, 3.63) is 35.6 Å². The van der Waals surface area contributed by atoms with Crippen molar-refractivity contribution in [3.63, 3.8) is 0 Å². The fourth-order valence-corrected chi connectivity index (χ4v) is 1.51. The maximum Gasteiger partial charge on any atom is 0.246 e. The normalized spacial score (nSPS) is 11.6. The van der Waals surface area contributed by atoms with Gasteiger partial charge in [-0.15, -0.1) is 0 Å². The smallest absolute Gasteiger partial charge is 0.246 e. The number of methoxy groups -OCH3 is 1. The third-order valence-corrected chi connectivity index (χ3v) is 3.00. The van der Waals surface area contributed by atoms with Gasteiger partial charge < -0.3 is 14.6 Å². The summed E-state index contributed by atoms with van der Waals surface area (Å²) in [5.74, 6) is 1.81. The van der Waals surface area contributed by atoms with Crippen molar-refractivity contribution < 1.29 is 9.26 Å². The van der Waals surface area contributed by atoms with E-state index < -0.39 is 0 Å². The molecular weight excluding hydrogens is 244 g/mol. The van der Waals surface area contributed by atoms with Gasteiger partial charge in [-0.1, -0.05) is 11.2 Å². The van der Waals surface area contributed by atoms with Gasteiger partial charge in [0.2, 0.25) is 11.8 Å². The van der Waals surface area contributed by atoms with Crippen LogP contribution in [0, 0.1) is 0 Å². The summed E-state index contributed by atoms with van der Waals surface area (Å²) in [4.78, 5) is 8.54. The Kier molecular flexibility index (Phi) is 3.80. The minimum atomic E-state index is -0.330. The lowest BCUT2D eigenvalue weighted by atomic mass is 10.1. The second-order valence-electron chi connectivity index (χ2n) is 4.78. The van der Waals surface area contributed by atoms with E-state index in [4.69, 9.17) is 9.26 Å². The predicted octanol–water partition coefficient (Wildman–Crippen LogP) is 1.52. The molecule has 0 unspecified atom stereocenters. The molecule has 0 aliphatic rings. The van der Waals surface area contributed by atoms with Crippen LogP contribution in [0.2, 0.25) is 0 Å². The van der Waals surface area contributed by atoms with Gasteiger partial charge in [0.1, 0.15) is 0 Å². The van der Waals surface area contributed by atoms with Crippen molar-refractivity contribution >= 4 is 0 Å². The second-order valence-corrected chi connectivity index (χ2v) is 4.78. The fraction of sp³-hybridized carbons (Fsp3) is 0.462. The Hall–Kier alpha value is -1.95. The van der Waals surface area contributed by atoms with E-state index in [1.54, 1.807) is 13.3 Å². The molecule has 102 valence electrons. The molecule has 0 saturated carbocycles. The van der Waals surface area contributed by atoms with Crippen molar-refractivity contribution in [2.45, 2.75) is 25.8 Å². The first kappa shape index (κ1) is 13.5. The lowest BCUT2D eigenvalue weighted by molar-refractivity contribution is 0.279. The largest absolute Gasteiger partial charge is 0.481 e. The van der Waals surface area contributed by atoms with E-state index in [-0.39, 0.29) is 5.54 Å². The molecule has 19 heavy (non-hydrogen) atoms. The molecule has 2 heterocycles. The fourth-order valence-electron chi connectivity index (χ4n) is 1.51. The lowest BCUT2D eigenvalue weighted by Gasteiger charge is -2.17. The van der Waals surface area contributed by atoms with Gasteiger partial charge in [0.05, 0.1) is 12.6 Å². The van der Waals surface area contributed by atoms with E-state index in [0.29, 0.717) is 24.0 Å². The molecule has 2 aromatic heterocycles. The Morgan fingerprint density at radius 3 is 2.74 bits per heavy atom. The average molecular weight is 262 g/mol. The number of hydrogen-bond donors (Lipinski definition) is 1. The predicted molar refractivity (Wildman–Crippen MR) is 70.0 cm³/mol. The Morgan fingerprint density at radius 2 is 2.16 bits per heavy atom. The summed E-state index contributed by atoms with van der Waals surface area (Å²) in [5.41, 5.74) is 0.680. The molecule has 0 bridgehead atoms. The first-order valence-corrected chi connectivity index (χ1v) is 6.06. The molecule has 0 amide bonds. The molecule has 2 aromatic rings. The third-order valence-electron chi connectivity index (χ3n) is 3.00. The zero-order valence-electron chi connectivity index (χ0n) is 11.6. The maximum atomic E-state index is 5.27. The molecule has 0 saturated heterocycles. The van der Waals surface area contributed by atoms with E-state index in [0.717, 1.165) is 5.56 Å². The van der Waals surface area contributed by atoms with Crippen molar-refractivity contribution in [1.29, 1.82) is 0 Å². The molecule has 0 spiro atoms. The molecule has 0 aromatic carbocycles. The van der Waals surface area contributed by atoms with Crippen LogP contribution in [0.3, 0.4) is 0 Å². The number of aromatic nitrogens is 3. The van der Waals surface area contributed by atoms with Gasteiger partial charge in [0.15, 0.2) is 5.82 Å². The molecule has 0 fully saturated rings. The summed E-state index contributed by atoms with van der Waals surface area (Å²) in [5, 5.41) is 7.11. The molecule has 1 N–H and O–H groups in total. The first-order valence-electron chi connectivity index (χ1n) is 6.06. The number of nitrogens with zero attached hydrogens (tertiary/aromatic N) is 3. The Morgan fingerprint density at radius 1 is 1.37 bits per heavy atom. The van der Waals surface area contributed by atoms with Crippen LogP contribution in [0.5, 0.6) is 5.88 Å². The number of ether oxygens (including phenoxy) is 1. The zero-order valence-corrected chi connectivity index (χ0v) is 11.6. The monoisotopic (exact) mass is 262 g/mol. The van der Waals surface area contributed by atoms with Gasteiger partial charge in [-0.05, 0) is 26.5 Å². The number of pyridine rings is 1. The van der Waals surface area contributed by atoms with Gasteiger partial charge in [0.25, 0.3) is 0 Å². The van der Waals surface area contributed by atoms with Crippen LogP contribution in [0.4, 0.5) is 0 Å². The van der Waals surface area contributed by atoms with E-state index >= 15 is 0 Å². The van der Waals surface area contributed by atoms with E-state index in [9.17, 15) is 0 Å². The SMILES string of the molecule is CNC(C)(C)c1nc(Cc2ccc(OC)nc2)no1. The van der Waals surface area contributed by atoms with Crippen LogP contribution >= 0.6 is 0 Å². The van der Waals surface area contributed by atoms with Crippen molar-refractivity contribution in [3.8, 4) is 5.88 Å². The molecule has 0 atom stereocenters. The molecule has 0 aliphatic carbocycles. The summed E-state index contributed by atoms with van der Waals surface area (Å²) >= 11 is 0. The van der Waals surface area contributed by atoms with E-state index in [2.05, 4.69) is 20.4 Å². The van der Waals surface area contributed by atoms with Gasteiger partial charge >= 0.3 is 0 Å². The maximum absolute atomic E-state index is 5.27. The molecule has 6 heteroatoms. The molecule has 0 aliphatic heterocycles. The number of rotatable bonds is 5. The number of hydrogen-bond acceptors (Lipinski definition) is 6. The minimum Gasteiger partial charge on any atom is -0.481 e. The Balaban J connectivity index is 2.11. The molecule has 0 radical (unpaired) electrons. The third kappa shape index (κ3) is 3.08. The highest BCUT2D eigenvalue weighted by Crippen LogP contribution is 2.18. The van der Waals surface area contributed by atoms with Crippen LogP contribution in [0.25, 0.3) is 0 Å². The van der Waals surface area contributed by atoms with Gasteiger partial charge in [-0.3, -0.25) is 0 Å². The topological polar surface area (TPSA) is 73.1 Å². The second kappa shape index (κ2) is 5.36. The summed E-state index contributed by atoms with van der Waals surface area (Å²) in [6.45, 7) is 3.97. The Labute approximate surface area is 112 Å². The van der Waals surface area contributed by atoms with Crippen LogP contribution in [-0.4, -0.2) is 29.3 Å². The van der Waals surface area contributed by atoms with Crippen LogP contribution in [-0.2, 0) is 12.0 Å².